The second kappa shape index (κ2) is 6.67. The summed E-state index contributed by atoms with van der Waals surface area (Å²) in [4.78, 5) is 18.4. The predicted octanol–water partition coefficient (Wildman–Crippen LogP) is 0.476. The predicted molar refractivity (Wildman–Crippen MR) is 75.5 cm³/mol. The van der Waals surface area contributed by atoms with Crippen LogP contribution in [0, 0.1) is 0 Å². The van der Waals surface area contributed by atoms with E-state index in [0.29, 0.717) is 32.1 Å². The van der Waals surface area contributed by atoms with Gasteiger partial charge in [0.2, 0.25) is 5.91 Å². The van der Waals surface area contributed by atoms with Crippen LogP contribution in [0.1, 0.15) is 25.5 Å². The molecule has 1 aromatic rings. The maximum absolute atomic E-state index is 12.1. The summed E-state index contributed by atoms with van der Waals surface area (Å²) in [6.45, 7) is 5.62. The zero-order valence-corrected chi connectivity index (χ0v) is 11.9. The van der Waals surface area contributed by atoms with Crippen LogP contribution in [-0.4, -0.2) is 48.3 Å². The maximum atomic E-state index is 12.1. The summed E-state index contributed by atoms with van der Waals surface area (Å²) in [5.74, 6) is 0.580. The van der Waals surface area contributed by atoms with Crippen LogP contribution in [0.4, 0.5) is 5.82 Å². The molecule has 2 atom stereocenters. The van der Waals surface area contributed by atoms with Crippen molar-refractivity contribution in [3.8, 4) is 0 Å². The van der Waals surface area contributed by atoms with Crippen molar-refractivity contribution in [2.75, 3.05) is 31.2 Å². The monoisotopic (exact) mass is 279 g/mol. The number of rotatable bonds is 4. The molecule has 2 N–H and O–H groups in total. The van der Waals surface area contributed by atoms with E-state index in [4.69, 9.17) is 4.74 Å². The van der Waals surface area contributed by atoms with Gasteiger partial charge in [0.1, 0.15) is 11.9 Å². The standard InChI is InChI=1S/C14H21N3O3/c1-3-15-14(19)12-9-20-8-7-17(12)13-11(10(2)18)5-4-6-16-13/h4-6,10,12,18H,3,7-9H2,1-2H3,(H,15,19). The van der Waals surface area contributed by atoms with Crippen LogP contribution in [0.25, 0.3) is 0 Å². The molecule has 1 aromatic heterocycles. The van der Waals surface area contributed by atoms with Gasteiger partial charge in [-0.1, -0.05) is 6.07 Å². The van der Waals surface area contributed by atoms with Gasteiger partial charge in [-0.15, -0.1) is 0 Å². The number of hydrogen-bond donors (Lipinski definition) is 2. The van der Waals surface area contributed by atoms with Crippen LogP contribution in [-0.2, 0) is 9.53 Å². The third kappa shape index (κ3) is 3.08. The zero-order chi connectivity index (χ0) is 14.5. The van der Waals surface area contributed by atoms with E-state index in [9.17, 15) is 9.90 Å². The Morgan fingerprint density at radius 1 is 1.70 bits per heavy atom. The van der Waals surface area contributed by atoms with Gasteiger partial charge in [0, 0.05) is 24.8 Å². The van der Waals surface area contributed by atoms with Crippen molar-refractivity contribution in [1.82, 2.24) is 10.3 Å². The van der Waals surface area contributed by atoms with Gasteiger partial charge < -0.3 is 20.1 Å². The molecule has 0 aliphatic carbocycles. The summed E-state index contributed by atoms with van der Waals surface area (Å²) in [5, 5.41) is 12.7. The van der Waals surface area contributed by atoms with E-state index in [1.165, 1.54) is 0 Å². The Morgan fingerprint density at radius 2 is 2.50 bits per heavy atom. The molecule has 2 rings (SSSR count). The Morgan fingerprint density at radius 3 is 3.20 bits per heavy atom. The minimum atomic E-state index is -0.628. The molecule has 110 valence electrons. The van der Waals surface area contributed by atoms with E-state index in [1.54, 1.807) is 19.2 Å². The molecule has 2 heterocycles. The summed E-state index contributed by atoms with van der Waals surface area (Å²) >= 11 is 0. The number of anilines is 1. The number of ether oxygens (including phenoxy) is 1. The molecular formula is C14H21N3O3. The van der Waals surface area contributed by atoms with E-state index in [1.807, 2.05) is 17.9 Å². The molecule has 0 spiro atoms. The number of likely N-dealkylation sites (N-methyl/N-ethyl adjacent to an activating group) is 1. The first-order valence-electron chi connectivity index (χ1n) is 6.90. The van der Waals surface area contributed by atoms with Crippen LogP contribution in [0.5, 0.6) is 0 Å². The lowest BCUT2D eigenvalue weighted by Gasteiger charge is -2.36. The lowest BCUT2D eigenvalue weighted by Crippen LogP contribution is -2.54. The number of carbonyl (C=O) groups excluding carboxylic acids is 1. The van der Waals surface area contributed by atoms with Crippen LogP contribution in [0.2, 0.25) is 0 Å². The second-order valence-corrected chi connectivity index (χ2v) is 4.77. The fourth-order valence-electron chi connectivity index (χ4n) is 2.34. The van der Waals surface area contributed by atoms with E-state index in [0.717, 1.165) is 5.56 Å². The highest BCUT2D eigenvalue weighted by molar-refractivity contribution is 5.85. The summed E-state index contributed by atoms with van der Waals surface area (Å²) < 4.78 is 5.41. The third-order valence-corrected chi connectivity index (χ3v) is 3.32. The normalized spacial score (nSPS) is 20.6. The number of nitrogens with zero attached hydrogens (tertiary/aromatic N) is 2. The Hall–Kier alpha value is -1.66. The quantitative estimate of drug-likeness (QED) is 0.838. The highest BCUT2D eigenvalue weighted by Crippen LogP contribution is 2.26. The SMILES string of the molecule is CCNC(=O)C1COCCN1c1ncccc1C(C)O. The van der Waals surface area contributed by atoms with Crippen molar-refractivity contribution in [2.24, 2.45) is 0 Å². The van der Waals surface area contributed by atoms with Crippen molar-refractivity contribution >= 4 is 11.7 Å². The molecule has 0 radical (unpaired) electrons. The Kier molecular flexibility index (Phi) is 4.92. The van der Waals surface area contributed by atoms with Gasteiger partial charge in [0.05, 0.1) is 19.3 Å². The molecule has 20 heavy (non-hydrogen) atoms. The molecule has 0 saturated carbocycles. The lowest BCUT2D eigenvalue weighted by molar-refractivity contribution is -0.124. The van der Waals surface area contributed by atoms with E-state index < -0.39 is 12.1 Å². The maximum Gasteiger partial charge on any atom is 0.245 e. The number of nitrogens with one attached hydrogen (secondary N) is 1. The van der Waals surface area contributed by atoms with E-state index >= 15 is 0 Å². The fraction of sp³-hybridized carbons (Fsp3) is 0.571. The number of carbonyl (C=O) groups is 1. The number of aromatic nitrogens is 1. The van der Waals surface area contributed by atoms with Crippen molar-refractivity contribution in [1.29, 1.82) is 0 Å². The van der Waals surface area contributed by atoms with Crippen LogP contribution in [0.3, 0.4) is 0 Å². The zero-order valence-electron chi connectivity index (χ0n) is 11.9. The van der Waals surface area contributed by atoms with Gasteiger partial charge >= 0.3 is 0 Å². The van der Waals surface area contributed by atoms with Gasteiger partial charge in [-0.25, -0.2) is 4.98 Å². The third-order valence-electron chi connectivity index (χ3n) is 3.32. The minimum absolute atomic E-state index is 0.0746. The number of aliphatic hydroxyl groups is 1. The first-order chi connectivity index (χ1) is 9.65. The number of hydrogen-bond acceptors (Lipinski definition) is 5. The Bertz CT molecular complexity index is 465. The van der Waals surface area contributed by atoms with Crippen LogP contribution in [0.15, 0.2) is 18.3 Å². The van der Waals surface area contributed by atoms with Crippen LogP contribution >= 0.6 is 0 Å². The Labute approximate surface area is 118 Å². The van der Waals surface area contributed by atoms with Crippen molar-refractivity contribution < 1.29 is 14.6 Å². The summed E-state index contributed by atoms with van der Waals surface area (Å²) in [6.07, 6.45) is 1.04. The molecule has 1 amide bonds. The number of aliphatic hydroxyl groups excluding tert-OH is 1. The van der Waals surface area contributed by atoms with Crippen molar-refractivity contribution in [3.63, 3.8) is 0 Å². The highest BCUT2D eigenvalue weighted by Gasteiger charge is 2.31. The average Bonchev–Trinajstić information content (AvgIpc) is 2.47. The lowest BCUT2D eigenvalue weighted by atomic mass is 10.1. The van der Waals surface area contributed by atoms with Gasteiger partial charge in [-0.3, -0.25) is 4.79 Å². The molecule has 0 aromatic carbocycles. The van der Waals surface area contributed by atoms with Crippen molar-refractivity contribution in [3.05, 3.63) is 23.9 Å². The molecule has 2 unspecified atom stereocenters. The highest BCUT2D eigenvalue weighted by atomic mass is 16.5. The van der Waals surface area contributed by atoms with E-state index in [-0.39, 0.29) is 5.91 Å². The van der Waals surface area contributed by atoms with Gasteiger partial charge in [0.25, 0.3) is 0 Å². The van der Waals surface area contributed by atoms with Crippen LogP contribution < -0.4 is 10.2 Å². The largest absolute Gasteiger partial charge is 0.389 e. The van der Waals surface area contributed by atoms with Gasteiger partial charge in [-0.2, -0.15) is 0 Å². The Balaban J connectivity index is 2.30. The summed E-state index contributed by atoms with van der Waals surface area (Å²) in [5.41, 5.74) is 0.726. The van der Waals surface area contributed by atoms with Crippen molar-refractivity contribution in [2.45, 2.75) is 26.0 Å². The van der Waals surface area contributed by atoms with Gasteiger partial charge in [0.15, 0.2) is 0 Å². The molecule has 1 saturated heterocycles. The second-order valence-electron chi connectivity index (χ2n) is 4.77. The first-order valence-corrected chi connectivity index (χ1v) is 6.90. The summed E-state index contributed by atoms with van der Waals surface area (Å²) in [7, 11) is 0. The molecular weight excluding hydrogens is 258 g/mol. The molecule has 1 aliphatic rings. The number of amides is 1. The minimum Gasteiger partial charge on any atom is -0.389 e. The molecule has 6 heteroatoms. The van der Waals surface area contributed by atoms with Gasteiger partial charge in [-0.05, 0) is 19.9 Å². The average molecular weight is 279 g/mol. The molecule has 0 bridgehead atoms. The smallest absolute Gasteiger partial charge is 0.245 e. The summed E-state index contributed by atoms with van der Waals surface area (Å²) in [6, 6.07) is 3.21. The van der Waals surface area contributed by atoms with E-state index in [2.05, 4.69) is 10.3 Å². The first kappa shape index (κ1) is 14.7. The molecule has 1 aliphatic heterocycles. The molecule has 6 nitrogen and oxygen atoms in total. The fourth-order valence-corrected chi connectivity index (χ4v) is 2.34. The molecule has 1 fully saturated rings. The number of pyridine rings is 1. The topological polar surface area (TPSA) is 74.7 Å². The number of morpholine rings is 1.